The molecule has 2 aromatic rings. The maximum atomic E-state index is 12.0. The van der Waals surface area contributed by atoms with Gasteiger partial charge in [0.25, 0.3) is 5.56 Å². The van der Waals surface area contributed by atoms with Crippen LogP contribution in [0.2, 0.25) is 0 Å². The van der Waals surface area contributed by atoms with Crippen molar-refractivity contribution in [3.8, 4) is 0 Å². The quantitative estimate of drug-likeness (QED) is 0.685. The summed E-state index contributed by atoms with van der Waals surface area (Å²) in [5.74, 6) is 0.00196. The lowest BCUT2D eigenvalue weighted by Gasteiger charge is -2.37. The lowest BCUT2D eigenvalue weighted by molar-refractivity contribution is -0.123. The molecule has 1 aliphatic heterocycles. The number of nitrogen functional groups attached to an aromatic ring is 1. The summed E-state index contributed by atoms with van der Waals surface area (Å²) in [5.41, 5.74) is 7.68. The van der Waals surface area contributed by atoms with Gasteiger partial charge < -0.3 is 20.9 Å². The van der Waals surface area contributed by atoms with Crippen molar-refractivity contribution in [2.24, 2.45) is 0 Å². The number of nitrogens with zero attached hydrogens (tertiary/aromatic N) is 2. The Hall–Kier alpha value is -2.57. The molecule has 21 heavy (non-hydrogen) atoms. The van der Waals surface area contributed by atoms with E-state index in [1.807, 2.05) is 11.8 Å². The van der Waals surface area contributed by atoms with Gasteiger partial charge in [-0.3, -0.25) is 9.59 Å². The Morgan fingerprint density at radius 3 is 3.00 bits per heavy atom. The van der Waals surface area contributed by atoms with Crippen LogP contribution in [0.5, 0.6) is 0 Å². The summed E-state index contributed by atoms with van der Waals surface area (Å²) in [4.78, 5) is 32.4. The minimum atomic E-state index is -0.250. The molecule has 4 N–H and O–H groups in total. The third-order valence-corrected chi connectivity index (χ3v) is 3.82. The number of nitrogens with two attached hydrogens (primary N) is 1. The first-order valence-corrected chi connectivity index (χ1v) is 6.93. The lowest BCUT2D eigenvalue weighted by Crippen LogP contribution is -2.55. The first kappa shape index (κ1) is 13.4. The molecule has 0 saturated carbocycles. The van der Waals surface area contributed by atoms with Gasteiger partial charge in [-0.2, -0.15) is 0 Å². The van der Waals surface area contributed by atoms with Gasteiger partial charge in [0.2, 0.25) is 5.91 Å². The molecule has 110 valence electrons. The van der Waals surface area contributed by atoms with Crippen molar-refractivity contribution in [2.45, 2.75) is 19.4 Å². The van der Waals surface area contributed by atoms with E-state index in [9.17, 15) is 9.59 Å². The minimum Gasteiger partial charge on any atom is -0.397 e. The maximum absolute atomic E-state index is 12.0. The number of piperazine rings is 1. The highest BCUT2D eigenvalue weighted by Crippen LogP contribution is 2.29. The molecule has 0 aliphatic carbocycles. The van der Waals surface area contributed by atoms with E-state index in [1.54, 1.807) is 12.1 Å². The molecular formula is C14H17N5O2. The zero-order valence-corrected chi connectivity index (χ0v) is 11.7. The molecule has 7 nitrogen and oxygen atoms in total. The normalized spacial score (nSPS) is 18.8. The smallest absolute Gasteiger partial charge is 0.258 e. The number of amides is 1. The summed E-state index contributed by atoms with van der Waals surface area (Å²) < 4.78 is 0. The number of rotatable bonds is 2. The number of nitrogens with one attached hydrogen (secondary N) is 2. The third-order valence-electron chi connectivity index (χ3n) is 3.82. The van der Waals surface area contributed by atoms with Crippen molar-refractivity contribution in [1.82, 2.24) is 15.3 Å². The van der Waals surface area contributed by atoms with Gasteiger partial charge in [-0.1, -0.05) is 6.92 Å². The maximum Gasteiger partial charge on any atom is 0.258 e. The first-order chi connectivity index (χ1) is 10.1. The number of aromatic nitrogens is 2. The SMILES string of the molecule is CCC1C(=O)NCCN1c1cc2nc[nH]c(=O)c2cc1N. The second kappa shape index (κ2) is 5.08. The van der Waals surface area contributed by atoms with Crippen LogP contribution in [0.4, 0.5) is 11.4 Å². The summed E-state index contributed by atoms with van der Waals surface area (Å²) in [6.45, 7) is 3.22. The van der Waals surface area contributed by atoms with E-state index in [2.05, 4.69) is 15.3 Å². The lowest BCUT2D eigenvalue weighted by atomic mass is 10.1. The molecule has 1 atom stereocenters. The number of hydrogen-bond donors (Lipinski definition) is 3. The summed E-state index contributed by atoms with van der Waals surface area (Å²) in [5, 5.41) is 3.31. The van der Waals surface area contributed by atoms with E-state index in [1.165, 1.54) is 6.33 Å². The Morgan fingerprint density at radius 1 is 1.43 bits per heavy atom. The number of anilines is 2. The summed E-state index contributed by atoms with van der Waals surface area (Å²) >= 11 is 0. The molecule has 1 aliphatic rings. The Morgan fingerprint density at radius 2 is 2.24 bits per heavy atom. The van der Waals surface area contributed by atoms with Crippen molar-refractivity contribution >= 4 is 28.2 Å². The molecule has 0 bridgehead atoms. The van der Waals surface area contributed by atoms with Crippen LogP contribution in [0.15, 0.2) is 23.3 Å². The average molecular weight is 287 g/mol. The van der Waals surface area contributed by atoms with Crippen molar-refractivity contribution in [2.75, 3.05) is 23.7 Å². The van der Waals surface area contributed by atoms with Gasteiger partial charge in [0.1, 0.15) is 6.04 Å². The molecule has 3 rings (SSSR count). The van der Waals surface area contributed by atoms with Crippen LogP contribution in [0, 0.1) is 0 Å². The van der Waals surface area contributed by atoms with Gasteiger partial charge in [-0.05, 0) is 18.6 Å². The van der Waals surface area contributed by atoms with Crippen molar-refractivity contribution in [3.05, 3.63) is 28.8 Å². The van der Waals surface area contributed by atoms with Crippen LogP contribution >= 0.6 is 0 Å². The Labute approximate surface area is 121 Å². The van der Waals surface area contributed by atoms with Gasteiger partial charge in [-0.25, -0.2) is 4.98 Å². The summed E-state index contributed by atoms with van der Waals surface area (Å²) in [6.07, 6.45) is 2.05. The average Bonchev–Trinajstić information content (AvgIpc) is 2.47. The molecule has 1 aromatic heterocycles. The van der Waals surface area contributed by atoms with E-state index in [-0.39, 0.29) is 17.5 Å². The molecule has 1 fully saturated rings. The molecule has 1 amide bonds. The van der Waals surface area contributed by atoms with Crippen LogP contribution in [0.3, 0.4) is 0 Å². The zero-order chi connectivity index (χ0) is 15.0. The molecule has 7 heteroatoms. The van der Waals surface area contributed by atoms with Crippen molar-refractivity contribution in [1.29, 1.82) is 0 Å². The van der Waals surface area contributed by atoms with Gasteiger partial charge in [-0.15, -0.1) is 0 Å². The minimum absolute atomic E-state index is 0.00196. The zero-order valence-electron chi connectivity index (χ0n) is 11.7. The van der Waals surface area contributed by atoms with Gasteiger partial charge >= 0.3 is 0 Å². The van der Waals surface area contributed by atoms with E-state index in [0.717, 1.165) is 5.69 Å². The number of hydrogen-bond acceptors (Lipinski definition) is 5. The monoisotopic (exact) mass is 287 g/mol. The second-order valence-corrected chi connectivity index (χ2v) is 5.07. The molecule has 0 spiro atoms. The molecule has 1 unspecified atom stereocenters. The van der Waals surface area contributed by atoms with Crippen LogP contribution < -0.4 is 21.5 Å². The van der Waals surface area contributed by atoms with E-state index >= 15 is 0 Å². The Kier molecular flexibility index (Phi) is 3.25. The highest BCUT2D eigenvalue weighted by atomic mass is 16.2. The molecule has 0 radical (unpaired) electrons. The molecule has 1 aromatic carbocycles. The summed E-state index contributed by atoms with van der Waals surface area (Å²) in [6, 6.07) is 3.15. The van der Waals surface area contributed by atoms with E-state index in [0.29, 0.717) is 36.1 Å². The Bertz CT molecular complexity index is 755. The van der Waals surface area contributed by atoms with Crippen LogP contribution in [-0.4, -0.2) is 35.0 Å². The number of aromatic amines is 1. The molecular weight excluding hydrogens is 270 g/mol. The van der Waals surface area contributed by atoms with Crippen LogP contribution in [0.1, 0.15) is 13.3 Å². The number of carbonyl (C=O) groups is 1. The first-order valence-electron chi connectivity index (χ1n) is 6.93. The topological polar surface area (TPSA) is 104 Å². The standard InChI is InChI=1S/C14H17N5O2/c1-2-11-14(21)16-3-4-19(11)12-6-10-8(5-9(12)15)13(20)18-7-17-10/h5-7,11H,2-4,15H2,1H3,(H,16,21)(H,17,18,20). The predicted octanol–water partition coefficient (Wildman–Crippen LogP) is 0.220. The third kappa shape index (κ3) is 2.20. The fraction of sp³-hybridized carbons (Fsp3) is 0.357. The fourth-order valence-electron chi connectivity index (χ4n) is 2.78. The summed E-state index contributed by atoms with van der Waals surface area (Å²) in [7, 11) is 0. The Balaban J connectivity index is 2.13. The van der Waals surface area contributed by atoms with Gasteiger partial charge in [0, 0.05) is 13.1 Å². The highest BCUT2D eigenvalue weighted by molar-refractivity contribution is 5.92. The highest BCUT2D eigenvalue weighted by Gasteiger charge is 2.29. The number of fused-ring (bicyclic) bond motifs is 1. The van der Waals surface area contributed by atoms with E-state index in [4.69, 9.17) is 5.73 Å². The number of H-pyrrole nitrogens is 1. The van der Waals surface area contributed by atoms with Crippen LogP contribution in [-0.2, 0) is 4.79 Å². The molecule has 2 heterocycles. The van der Waals surface area contributed by atoms with E-state index < -0.39 is 0 Å². The molecule has 1 saturated heterocycles. The predicted molar refractivity (Wildman–Crippen MR) is 81.2 cm³/mol. The van der Waals surface area contributed by atoms with Crippen molar-refractivity contribution in [3.63, 3.8) is 0 Å². The number of benzene rings is 1. The van der Waals surface area contributed by atoms with Crippen molar-refractivity contribution < 1.29 is 4.79 Å². The second-order valence-electron chi connectivity index (χ2n) is 5.07. The number of carbonyl (C=O) groups excluding carboxylic acids is 1. The largest absolute Gasteiger partial charge is 0.397 e. The van der Waals surface area contributed by atoms with Gasteiger partial charge in [0.15, 0.2) is 0 Å². The van der Waals surface area contributed by atoms with Gasteiger partial charge in [0.05, 0.1) is 28.6 Å². The van der Waals surface area contributed by atoms with Crippen LogP contribution in [0.25, 0.3) is 10.9 Å². The fourth-order valence-corrected chi connectivity index (χ4v) is 2.78.